The molecule has 0 saturated heterocycles. The van der Waals surface area contributed by atoms with Crippen molar-refractivity contribution in [1.29, 1.82) is 0 Å². The third-order valence-corrected chi connectivity index (χ3v) is 4.17. The number of halogens is 1. The van der Waals surface area contributed by atoms with Gasteiger partial charge in [0.25, 0.3) is 5.91 Å². The highest BCUT2D eigenvalue weighted by Crippen LogP contribution is 2.26. The summed E-state index contributed by atoms with van der Waals surface area (Å²) in [6.45, 7) is 0.556. The lowest BCUT2D eigenvalue weighted by molar-refractivity contribution is 0.0948. The van der Waals surface area contributed by atoms with Gasteiger partial charge in [-0.25, -0.2) is 0 Å². The fourth-order valence-electron chi connectivity index (χ4n) is 2.50. The molecule has 3 rings (SSSR count). The third kappa shape index (κ3) is 4.39. The second-order valence-corrected chi connectivity index (χ2v) is 6.08. The average molecular weight is 356 g/mol. The first-order valence-electron chi connectivity index (χ1n) is 8.00. The molecule has 0 fully saturated rings. The lowest BCUT2D eigenvalue weighted by atomic mass is 10.1. The SMILES string of the molecule is O=C(NCCCc1ccc(O)cc1)c1cc(-c2ccccc2Cl)n[nH]1. The lowest BCUT2D eigenvalue weighted by Gasteiger charge is -2.04. The van der Waals surface area contributed by atoms with E-state index < -0.39 is 0 Å². The van der Waals surface area contributed by atoms with Crippen molar-refractivity contribution < 1.29 is 9.90 Å². The molecule has 0 saturated carbocycles. The monoisotopic (exact) mass is 355 g/mol. The number of phenols is 1. The van der Waals surface area contributed by atoms with Crippen LogP contribution in [0, 0.1) is 0 Å². The Bertz CT molecular complexity index is 859. The van der Waals surface area contributed by atoms with Crippen LogP contribution in [0.3, 0.4) is 0 Å². The van der Waals surface area contributed by atoms with Gasteiger partial charge in [0, 0.05) is 12.1 Å². The number of nitrogens with zero attached hydrogens (tertiary/aromatic N) is 1. The van der Waals surface area contributed by atoms with Crippen LogP contribution in [0.1, 0.15) is 22.5 Å². The van der Waals surface area contributed by atoms with Gasteiger partial charge in [-0.2, -0.15) is 5.10 Å². The zero-order valence-electron chi connectivity index (χ0n) is 13.5. The van der Waals surface area contributed by atoms with E-state index in [1.807, 2.05) is 30.3 Å². The highest BCUT2D eigenvalue weighted by atomic mass is 35.5. The van der Waals surface area contributed by atoms with Crippen LogP contribution in [0.2, 0.25) is 5.02 Å². The van der Waals surface area contributed by atoms with Crippen LogP contribution < -0.4 is 5.32 Å². The van der Waals surface area contributed by atoms with Crippen molar-refractivity contribution >= 4 is 17.5 Å². The van der Waals surface area contributed by atoms with Gasteiger partial charge in [0.2, 0.25) is 0 Å². The highest BCUT2D eigenvalue weighted by molar-refractivity contribution is 6.33. The van der Waals surface area contributed by atoms with Crippen molar-refractivity contribution in [3.05, 3.63) is 70.9 Å². The highest BCUT2D eigenvalue weighted by Gasteiger charge is 2.12. The molecule has 0 aliphatic heterocycles. The van der Waals surface area contributed by atoms with E-state index in [2.05, 4.69) is 15.5 Å². The average Bonchev–Trinajstić information content (AvgIpc) is 3.10. The maximum Gasteiger partial charge on any atom is 0.269 e. The number of amides is 1. The van der Waals surface area contributed by atoms with Crippen LogP contribution in [0.4, 0.5) is 0 Å². The minimum absolute atomic E-state index is 0.198. The van der Waals surface area contributed by atoms with E-state index >= 15 is 0 Å². The summed E-state index contributed by atoms with van der Waals surface area (Å²) in [6, 6.07) is 16.1. The van der Waals surface area contributed by atoms with Crippen molar-refractivity contribution in [3.63, 3.8) is 0 Å². The topological polar surface area (TPSA) is 78.0 Å². The molecule has 2 aromatic carbocycles. The Morgan fingerprint density at radius 1 is 1.16 bits per heavy atom. The van der Waals surface area contributed by atoms with Crippen molar-refractivity contribution in [2.75, 3.05) is 6.54 Å². The van der Waals surface area contributed by atoms with E-state index in [1.54, 1.807) is 24.3 Å². The number of rotatable bonds is 6. The first-order chi connectivity index (χ1) is 12.1. The lowest BCUT2D eigenvalue weighted by Crippen LogP contribution is -2.25. The van der Waals surface area contributed by atoms with Crippen LogP contribution >= 0.6 is 11.6 Å². The Balaban J connectivity index is 1.52. The predicted molar refractivity (Wildman–Crippen MR) is 97.8 cm³/mol. The summed E-state index contributed by atoms with van der Waals surface area (Å²) >= 11 is 6.15. The Hall–Kier alpha value is -2.79. The quantitative estimate of drug-likeness (QED) is 0.588. The molecule has 0 bridgehead atoms. The molecule has 3 N–H and O–H groups in total. The van der Waals surface area contributed by atoms with Crippen LogP contribution in [0.5, 0.6) is 5.75 Å². The molecule has 1 amide bonds. The number of phenolic OH excluding ortho intramolecular Hbond substituents is 1. The molecule has 1 heterocycles. The fourth-order valence-corrected chi connectivity index (χ4v) is 2.73. The summed E-state index contributed by atoms with van der Waals surface area (Å²) in [5, 5.41) is 19.6. The molecule has 3 aromatic rings. The van der Waals surface area contributed by atoms with Gasteiger partial charge >= 0.3 is 0 Å². The van der Waals surface area contributed by atoms with Gasteiger partial charge in [-0.3, -0.25) is 9.89 Å². The summed E-state index contributed by atoms with van der Waals surface area (Å²) in [5.41, 5.74) is 2.95. The maximum atomic E-state index is 12.2. The molecule has 128 valence electrons. The molecule has 5 nitrogen and oxygen atoms in total. The number of H-pyrrole nitrogens is 1. The normalized spacial score (nSPS) is 10.6. The Labute approximate surface area is 150 Å². The van der Waals surface area contributed by atoms with Crippen molar-refractivity contribution in [3.8, 4) is 17.0 Å². The zero-order valence-corrected chi connectivity index (χ0v) is 14.3. The number of nitrogens with one attached hydrogen (secondary N) is 2. The van der Waals surface area contributed by atoms with Gasteiger partial charge in [0.15, 0.2) is 0 Å². The molecule has 6 heteroatoms. The Morgan fingerprint density at radius 3 is 2.68 bits per heavy atom. The van der Waals surface area contributed by atoms with Crippen molar-refractivity contribution in [1.82, 2.24) is 15.5 Å². The van der Waals surface area contributed by atoms with E-state index in [4.69, 9.17) is 11.6 Å². The van der Waals surface area contributed by atoms with Gasteiger partial charge < -0.3 is 10.4 Å². The number of hydrogen-bond donors (Lipinski definition) is 3. The van der Waals surface area contributed by atoms with Crippen LogP contribution in [0.25, 0.3) is 11.3 Å². The molecule has 0 aliphatic rings. The van der Waals surface area contributed by atoms with E-state index in [1.165, 1.54) is 0 Å². The smallest absolute Gasteiger partial charge is 0.269 e. The van der Waals surface area contributed by atoms with E-state index in [-0.39, 0.29) is 11.7 Å². The maximum absolute atomic E-state index is 12.2. The molecular formula is C19H18ClN3O2. The Kier molecular flexibility index (Phi) is 5.36. The minimum Gasteiger partial charge on any atom is -0.508 e. The second-order valence-electron chi connectivity index (χ2n) is 5.67. The number of carbonyl (C=O) groups is 1. The third-order valence-electron chi connectivity index (χ3n) is 3.84. The number of aromatic amines is 1. The van der Waals surface area contributed by atoms with Crippen LogP contribution in [-0.2, 0) is 6.42 Å². The molecule has 0 radical (unpaired) electrons. The van der Waals surface area contributed by atoms with Crippen LogP contribution in [-0.4, -0.2) is 27.8 Å². The number of aryl methyl sites for hydroxylation is 1. The summed E-state index contributed by atoms with van der Waals surface area (Å²) in [5.74, 6) is 0.0575. The summed E-state index contributed by atoms with van der Waals surface area (Å²) < 4.78 is 0. The summed E-state index contributed by atoms with van der Waals surface area (Å²) in [4.78, 5) is 12.2. The van der Waals surface area contributed by atoms with Crippen molar-refractivity contribution in [2.24, 2.45) is 0 Å². The molecule has 0 spiro atoms. The largest absolute Gasteiger partial charge is 0.508 e. The molecular weight excluding hydrogens is 338 g/mol. The summed E-state index contributed by atoms with van der Waals surface area (Å²) in [7, 11) is 0. The first kappa shape index (κ1) is 17.0. The number of benzene rings is 2. The molecule has 1 aromatic heterocycles. The molecule has 25 heavy (non-hydrogen) atoms. The van der Waals surface area contributed by atoms with Gasteiger partial charge in [-0.15, -0.1) is 0 Å². The summed E-state index contributed by atoms with van der Waals surface area (Å²) in [6.07, 6.45) is 1.64. The van der Waals surface area contributed by atoms with Crippen molar-refractivity contribution in [2.45, 2.75) is 12.8 Å². The number of hydrogen-bond acceptors (Lipinski definition) is 3. The predicted octanol–water partition coefficient (Wildman–Crippen LogP) is 3.80. The molecule has 0 unspecified atom stereocenters. The first-order valence-corrected chi connectivity index (χ1v) is 8.38. The second kappa shape index (κ2) is 7.85. The fraction of sp³-hybridized carbons (Fsp3) is 0.158. The van der Waals surface area contributed by atoms with Gasteiger partial charge in [-0.1, -0.05) is 41.9 Å². The minimum atomic E-state index is -0.198. The number of aromatic hydroxyl groups is 1. The van der Waals surface area contributed by atoms with E-state index in [0.717, 1.165) is 24.0 Å². The van der Waals surface area contributed by atoms with Gasteiger partial charge in [0.05, 0.1) is 10.7 Å². The zero-order chi connectivity index (χ0) is 17.6. The molecule has 0 aliphatic carbocycles. The Morgan fingerprint density at radius 2 is 1.92 bits per heavy atom. The number of carbonyl (C=O) groups excluding carboxylic acids is 1. The van der Waals surface area contributed by atoms with Crippen LogP contribution in [0.15, 0.2) is 54.6 Å². The van der Waals surface area contributed by atoms with Gasteiger partial charge in [0.1, 0.15) is 11.4 Å². The standard InChI is InChI=1S/C19H18ClN3O2/c20-16-6-2-1-5-15(16)17-12-18(23-22-17)19(25)21-11-3-4-13-7-9-14(24)10-8-13/h1-2,5-10,12,24H,3-4,11H2,(H,21,25)(H,22,23). The van der Waals surface area contributed by atoms with E-state index in [0.29, 0.717) is 23.0 Å². The van der Waals surface area contributed by atoms with E-state index in [9.17, 15) is 9.90 Å². The number of aromatic nitrogens is 2. The molecule has 0 atom stereocenters. The van der Waals surface area contributed by atoms with Gasteiger partial charge in [-0.05, 0) is 42.7 Å².